The number of rotatable bonds is 18. The lowest BCUT2D eigenvalue weighted by Crippen LogP contribution is -2.71. The van der Waals surface area contributed by atoms with Crippen molar-refractivity contribution in [3.8, 4) is 0 Å². The highest BCUT2D eigenvalue weighted by Crippen LogP contribution is 2.71. The second-order valence-electron chi connectivity index (χ2n) is 13.5. The Morgan fingerprint density at radius 3 is 0.562 bits per heavy atom. The van der Waals surface area contributed by atoms with Crippen LogP contribution in [-0.4, -0.2) is 90.6 Å². The molecule has 386 valence electrons. The first kappa shape index (κ1) is 61.4. The third kappa shape index (κ3) is 8.73. The quantitative estimate of drug-likeness (QED) is 0.120. The zero-order valence-electron chi connectivity index (χ0n) is 29.6. The molecule has 0 fully saturated rings. The average Bonchev–Trinajstić information content (AvgIpc) is 2.98. The van der Waals surface area contributed by atoms with E-state index in [9.17, 15) is 162 Å². The van der Waals surface area contributed by atoms with Crippen molar-refractivity contribution in [2.75, 3.05) is 0 Å². The summed E-state index contributed by atoms with van der Waals surface area (Å²) in [6.45, 7) is 0.0720. The first-order chi connectivity index (χ1) is 27.2. The topological polar surface area (TPSA) is 0 Å². The van der Waals surface area contributed by atoms with E-state index in [-0.39, 0.29) is 6.92 Å². The van der Waals surface area contributed by atoms with Gasteiger partial charge in [0.1, 0.15) is 0 Å². The molecule has 0 N–H and O–H groups in total. The molecule has 64 heavy (non-hydrogen) atoms. The van der Waals surface area contributed by atoms with Crippen LogP contribution in [0.25, 0.3) is 0 Å². The van der Waals surface area contributed by atoms with Crippen molar-refractivity contribution >= 4 is 0 Å². The molecule has 0 aromatic carbocycles. The highest BCUT2D eigenvalue weighted by molar-refractivity contribution is 5.16. The predicted octanol–water partition coefficient (Wildman–Crippen LogP) is 16.1. The van der Waals surface area contributed by atoms with Crippen LogP contribution >= 0.6 is 0 Å². The van der Waals surface area contributed by atoms with Crippen LogP contribution in [0.1, 0.15) is 58.3 Å². The predicted molar refractivity (Wildman–Crippen MR) is 132 cm³/mol. The SMILES string of the molecule is CCCC(C(F)(F)F)(C(F)(F)F)C(F)(F)C(F)(F)C(F)(F)CCCC(C(F)(F)F)(C(F)(F)F)C(F)(F)C(F)(F)C(F)(F)CCCC(C(F)(F)F)(C(F)(F)F)C(F)(F)C(F)(F)C(F)(F)F. The van der Waals surface area contributed by atoms with Crippen molar-refractivity contribution < 1.29 is 162 Å². The molecule has 0 unspecified atom stereocenters. The Labute approximate surface area is 328 Å². The van der Waals surface area contributed by atoms with Crippen molar-refractivity contribution in [1.29, 1.82) is 0 Å². The molecule has 0 radical (unpaired) electrons. The van der Waals surface area contributed by atoms with Crippen LogP contribution in [0.5, 0.6) is 0 Å². The maximum absolute atomic E-state index is 15.0. The van der Waals surface area contributed by atoms with E-state index in [0.29, 0.717) is 0 Å². The molecule has 0 aliphatic carbocycles. The van der Waals surface area contributed by atoms with E-state index in [4.69, 9.17) is 0 Å². The Morgan fingerprint density at radius 1 is 0.203 bits per heavy atom. The molecule has 0 aromatic rings. The van der Waals surface area contributed by atoms with Crippen LogP contribution in [0.2, 0.25) is 0 Å². The van der Waals surface area contributed by atoms with E-state index in [1.807, 2.05) is 0 Å². The molecule has 0 aliphatic rings. The molecular formula is C27H19F37. The Hall–Kier alpha value is -2.59. The minimum atomic E-state index is -9.05. The van der Waals surface area contributed by atoms with Gasteiger partial charge in [0.15, 0.2) is 0 Å². The Bertz CT molecular complexity index is 1510. The average molecular weight is 1050 g/mol. The van der Waals surface area contributed by atoms with Crippen LogP contribution < -0.4 is 0 Å². The van der Waals surface area contributed by atoms with Gasteiger partial charge in [-0.05, 0) is 32.1 Å². The van der Waals surface area contributed by atoms with Gasteiger partial charge in [0.25, 0.3) is 0 Å². The number of halogens is 37. The molecule has 0 saturated carbocycles. The molecule has 0 aromatic heterocycles. The lowest BCUT2D eigenvalue weighted by Gasteiger charge is -2.48. The lowest BCUT2D eigenvalue weighted by molar-refractivity contribution is -0.463. The third-order valence-corrected chi connectivity index (χ3v) is 9.68. The summed E-state index contributed by atoms with van der Waals surface area (Å²) in [4.78, 5) is 0. The highest BCUT2D eigenvalue weighted by atomic mass is 19.5. The van der Waals surface area contributed by atoms with Crippen molar-refractivity contribution in [3.05, 3.63) is 0 Å². The van der Waals surface area contributed by atoms with Gasteiger partial charge in [-0.1, -0.05) is 13.3 Å². The summed E-state index contributed by atoms with van der Waals surface area (Å²) in [5.41, 5.74) is -23.8. The van der Waals surface area contributed by atoms with E-state index in [2.05, 4.69) is 0 Å². The van der Waals surface area contributed by atoms with Gasteiger partial charge in [-0.3, -0.25) is 0 Å². The van der Waals surface area contributed by atoms with Gasteiger partial charge in [0, 0.05) is 12.8 Å². The summed E-state index contributed by atoms with van der Waals surface area (Å²) >= 11 is 0. The summed E-state index contributed by atoms with van der Waals surface area (Å²) in [5, 5.41) is 0. The van der Waals surface area contributed by atoms with Crippen molar-refractivity contribution in [3.63, 3.8) is 0 Å². The zero-order valence-corrected chi connectivity index (χ0v) is 29.6. The smallest absolute Gasteiger partial charge is 0.200 e. The first-order valence-corrected chi connectivity index (χ1v) is 15.7. The second-order valence-corrected chi connectivity index (χ2v) is 13.5. The fourth-order valence-electron chi connectivity index (χ4n) is 6.15. The molecular weight excluding hydrogens is 1030 g/mol. The Balaban J connectivity index is 7.67. The molecule has 0 aliphatic heterocycles. The summed E-state index contributed by atoms with van der Waals surface area (Å²) in [7, 11) is 0. The van der Waals surface area contributed by atoms with Crippen LogP contribution in [0, 0.1) is 16.2 Å². The fourth-order valence-corrected chi connectivity index (χ4v) is 6.15. The third-order valence-electron chi connectivity index (χ3n) is 9.68. The van der Waals surface area contributed by atoms with Gasteiger partial charge in [0.05, 0.1) is 0 Å². The molecule has 0 heterocycles. The van der Waals surface area contributed by atoms with E-state index < -0.39 is 158 Å². The summed E-state index contributed by atoms with van der Waals surface area (Å²) in [6.07, 6.45) is -88.7. The van der Waals surface area contributed by atoms with Crippen molar-refractivity contribution in [2.45, 2.75) is 149 Å². The summed E-state index contributed by atoms with van der Waals surface area (Å²) in [5.74, 6) is -67.6. The van der Waals surface area contributed by atoms with Crippen molar-refractivity contribution in [2.24, 2.45) is 16.2 Å². The van der Waals surface area contributed by atoms with Crippen LogP contribution in [0.15, 0.2) is 0 Å². The van der Waals surface area contributed by atoms with Gasteiger partial charge < -0.3 is 0 Å². The number of alkyl halides is 37. The minimum absolute atomic E-state index is 0.0720. The molecule has 0 bridgehead atoms. The maximum atomic E-state index is 15.0. The van der Waals surface area contributed by atoms with Crippen LogP contribution in [0.3, 0.4) is 0 Å². The van der Waals surface area contributed by atoms with Gasteiger partial charge in [-0.25, -0.2) is 0 Å². The second kappa shape index (κ2) is 16.6. The van der Waals surface area contributed by atoms with Crippen LogP contribution in [0.4, 0.5) is 162 Å². The van der Waals surface area contributed by atoms with E-state index in [1.54, 1.807) is 0 Å². The molecule has 0 nitrogen and oxygen atoms in total. The van der Waals surface area contributed by atoms with Gasteiger partial charge >= 0.3 is 90.6 Å². The molecule has 0 atom stereocenters. The number of hydrogen-bond donors (Lipinski definition) is 0. The summed E-state index contributed by atoms with van der Waals surface area (Å²) in [6, 6.07) is 0. The van der Waals surface area contributed by atoms with Crippen LogP contribution in [-0.2, 0) is 0 Å². The van der Waals surface area contributed by atoms with E-state index >= 15 is 0 Å². The normalized spacial score (nSPS) is 16.8. The first-order valence-electron chi connectivity index (χ1n) is 15.7. The highest BCUT2D eigenvalue weighted by Gasteiger charge is 2.94. The minimum Gasteiger partial charge on any atom is -0.200 e. The van der Waals surface area contributed by atoms with E-state index in [0.717, 1.165) is 0 Å². The van der Waals surface area contributed by atoms with Gasteiger partial charge in [-0.2, -0.15) is 162 Å². The fraction of sp³-hybridized carbons (Fsp3) is 1.00. The Kier molecular flexibility index (Phi) is 15.9. The van der Waals surface area contributed by atoms with Crippen molar-refractivity contribution in [1.82, 2.24) is 0 Å². The van der Waals surface area contributed by atoms with E-state index in [1.165, 1.54) is 0 Å². The Morgan fingerprint density at radius 2 is 0.391 bits per heavy atom. The largest absolute Gasteiger partial charge is 0.459 e. The molecule has 0 spiro atoms. The lowest BCUT2D eigenvalue weighted by atomic mass is 9.69. The standard InChI is InChI=1S/C27H19F37/c1-2-5-10(21(44,45)46,22(47,48)49)15(32,33)18(38,39)13(28,29)8-3-6-11(23(50,51)52,24(53,54)55)16(34,35)19(40,41)14(30,31)9-4-7-12(25(56,57)58,26(59,60)61)17(36,37)20(42,43)27(62,63)64/h2-9H2,1H3. The molecule has 0 saturated heterocycles. The maximum Gasteiger partial charge on any atom is 0.459 e. The molecule has 0 amide bonds. The molecule has 0 rings (SSSR count). The zero-order chi connectivity index (χ0) is 52.7. The van der Waals surface area contributed by atoms with Gasteiger partial charge in [0.2, 0.25) is 16.2 Å². The summed E-state index contributed by atoms with van der Waals surface area (Å²) < 4.78 is 513. The van der Waals surface area contributed by atoms with Gasteiger partial charge in [-0.15, -0.1) is 0 Å². The number of hydrogen-bond acceptors (Lipinski definition) is 0. The molecule has 37 heteroatoms. The monoisotopic (exact) mass is 1050 g/mol.